The maximum Gasteiger partial charge on any atom is 0.257 e. The molecule has 0 aliphatic carbocycles. The summed E-state index contributed by atoms with van der Waals surface area (Å²) in [6, 6.07) is 0. The van der Waals surface area contributed by atoms with Crippen LogP contribution in [0, 0.1) is 12.8 Å². The van der Waals surface area contributed by atoms with E-state index < -0.39 is 10.0 Å². The van der Waals surface area contributed by atoms with Crippen molar-refractivity contribution in [3.63, 3.8) is 0 Å². The van der Waals surface area contributed by atoms with Crippen LogP contribution in [-0.2, 0) is 21.3 Å². The Bertz CT molecular complexity index is 781. The first kappa shape index (κ1) is 20.3. The number of nitrogens with zero attached hydrogens (tertiary/aromatic N) is 3. The number of amides is 1. The van der Waals surface area contributed by atoms with Crippen molar-refractivity contribution in [3.05, 3.63) is 17.5 Å². The van der Waals surface area contributed by atoms with Crippen molar-refractivity contribution >= 4 is 15.9 Å². The third kappa shape index (κ3) is 4.70. The maximum atomic E-state index is 12.9. The van der Waals surface area contributed by atoms with Gasteiger partial charge in [-0.15, -0.1) is 0 Å². The van der Waals surface area contributed by atoms with Crippen molar-refractivity contribution < 1.29 is 17.9 Å². The largest absolute Gasteiger partial charge is 0.375 e. The summed E-state index contributed by atoms with van der Waals surface area (Å²) in [4.78, 5) is 14.7. The Hall–Kier alpha value is -1.45. The number of piperidine rings is 1. The number of carbonyl (C=O) groups excluding carboxylic acids is 1. The number of rotatable bonds is 5. The second kappa shape index (κ2) is 7.89. The van der Waals surface area contributed by atoms with Gasteiger partial charge in [0.15, 0.2) is 0 Å². The fourth-order valence-corrected chi connectivity index (χ4v) is 4.72. The Morgan fingerprint density at radius 2 is 2.11 bits per heavy atom. The molecule has 9 heteroatoms. The monoisotopic (exact) mass is 398 g/mol. The number of carbonyl (C=O) groups is 1. The van der Waals surface area contributed by atoms with Gasteiger partial charge in [-0.25, -0.2) is 13.1 Å². The number of hydrogen-bond acceptors (Lipinski definition) is 5. The zero-order valence-corrected chi connectivity index (χ0v) is 17.2. The van der Waals surface area contributed by atoms with E-state index in [9.17, 15) is 13.2 Å². The molecule has 2 aliphatic rings. The first-order valence-corrected chi connectivity index (χ1v) is 11.5. The van der Waals surface area contributed by atoms with Crippen LogP contribution in [-0.4, -0.2) is 67.1 Å². The summed E-state index contributed by atoms with van der Waals surface area (Å²) in [5, 5.41) is 4.27. The van der Waals surface area contributed by atoms with Crippen LogP contribution < -0.4 is 4.72 Å². The van der Waals surface area contributed by atoms with Gasteiger partial charge in [-0.05, 0) is 45.4 Å². The van der Waals surface area contributed by atoms with Gasteiger partial charge in [0.25, 0.3) is 5.91 Å². The third-order valence-electron chi connectivity index (χ3n) is 5.82. The summed E-state index contributed by atoms with van der Waals surface area (Å²) in [5.41, 5.74) is 1.35. The molecule has 1 amide bonds. The Morgan fingerprint density at radius 3 is 2.70 bits per heavy atom. The van der Waals surface area contributed by atoms with Gasteiger partial charge in [0, 0.05) is 38.5 Å². The molecule has 0 saturated carbocycles. The van der Waals surface area contributed by atoms with E-state index in [0.717, 1.165) is 37.9 Å². The smallest absolute Gasteiger partial charge is 0.257 e. The van der Waals surface area contributed by atoms with Gasteiger partial charge in [-0.1, -0.05) is 0 Å². The molecule has 1 aromatic heterocycles. The van der Waals surface area contributed by atoms with Crippen LogP contribution in [0.1, 0.15) is 48.7 Å². The summed E-state index contributed by atoms with van der Waals surface area (Å²) in [5.74, 6) is 0.314. The number of ether oxygens (including phenoxy) is 1. The molecule has 152 valence electrons. The molecule has 3 heterocycles. The van der Waals surface area contributed by atoms with Crippen LogP contribution in [0.2, 0.25) is 0 Å². The lowest BCUT2D eigenvalue weighted by molar-refractivity contribution is -0.122. The minimum absolute atomic E-state index is 0.0353. The number of hydrogen-bond donors (Lipinski definition) is 1. The molecule has 0 radical (unpaired) electrons. The van der Waals surface area contributed by atoms with Gasteiger partial charge < -0.3 is 9.64 Å². The van der Waals surface area contributed by atoms with Crippen molar-refractivity contribution in [2.45, 2.75) is 51.7 Å². The zero-order valence-electron chi connectivity index (χ0n) is 16.4. The molecule has 1 aromatic rings. The molecule has 1 atom stereocenters. The predicted octanol–water partition coefficient (Wildman–Crippen LogP) is 1.16. The van der Waals surface area contributed by atoms with Crippen LogP contribution in [0.3, 0.4) is 0 Å². The fraction of sp³-hybridized carbons (Fsp3) is 0.778. The highest BCUT2D eigenvalue weighted by Crippen LogP contribution is 2.37. The molecular weight excluding hydrogens is 368 g/mol. The molecule has 2 saturated heterocycles. The number of sulfonamides is 1. The van der Waals surface area contributed by atoms with Gasteiger partial charge in [0.05, 0.1) is 23.6 Å². The summed E-state index contributed by atoms with van der Waals surface area (Å²) < 4.78 is 33.3. The lowest BCUT2D eigenvalue weighted by Crippen LogP contribution is -2.51. The van der Waals surface area contributed by atoms with Gasteiger partial charge in [-0.2, -0.15) is 5.10 Å². The summed E-state index contributed by atoms with van der Waals surface area (Å²) >= 11 is 0. The first-order chi connectivity index (χ1) is 12.7. The molecule has 2 aliphatic heterocycles. The van der Waals surface area contributed by atoms with Crippen molar-refractivity contribution in [1.82, 2.24) is 19.4 Å². The molecule has 1 spiro atoms. The number of aromatic nitrogens is 2. The predicted molar refractivity (Wildman–Crippen MR) is 102 cm³/mol. The lowest BCUT2D eigenvalue weighted by Gasteiger charge is -2.46. The van der Waals surface area contributed by atoms with Crippen molar-refractivity contribution in [2.75, 3.05) is 32.5 Å². The van der Waals surface area contributed by atoms with Crippen LogP contribution in [0.25, 0.3) is 0 Å². The van der Waals surface area contributed by atoms with Crippen LogP contribution in [0.5, 0.6) is 0 Å². The SMILES string of the molecule is CCn1ncc(C(=O)N2CCC3(CC2)CC(CNS(C)(=O)=O)CCO3)c1C. The quantitative estimate of drug-likeness (QED) is 0.803. The number of aryl methyl sites for hydroxylation is 1. The fourth-order valence-electron chi connectivity index (χ4n) is 4.18. The maximum absolute atomic E-state index is 12.9. The second-order valence-corrected chi connectivity index (χ2v) is 9.60. The minimum Gasteiger partial charge on any atom is -0.375 e. The van der Waals surface area contributed by atoms with E-state index in [4.69, 9.17) is 4.74 Å². The average Bonchev–Trinajstić information content (AvgIpc) is 3.00. The van der Waals surface area contributed by atoms with Gasteiger partial charge in [-0.3, -0.25) is 9.48 Å². The molecule has 3 rings (SSSR count). The van der Waals surface area contributed by atoms with Crippen molar-refractivity contribution in [1.29, 1.82) is 0 Å². The van der Waals surface area contributed by atoms with E-state index in [-0.39, 0.29) is 17.4 Å². The molecule has 27 heavy (non-hydrogen) atoms. The molecule has 0 aromatic carbocycles. The highest BCUT2D eigenvalue weighted by atomic mass is 32.2. The van der Waals surface area contributed by atoms with Gasteiger partial charge in [0.1, 0.15) is 0 Å². The van der Waals surface area contributed by atoms with Crippen molar-refractivity contribution in [2.24, 2.45) is 5.92 Å². The molecule has 0 bridgehead atoms. The summed E-state index contributed by atoms with van der Waals surface area (Å²) in [6.07, 6.45) is 6.13. The van der Waals surface area contributed by atoms with Gasteiger partial charge in [0.2, 0.25) is 10.0 Å². The minimum atomic E-state index is -3.17. The summed E-state index contributed by atoms with van der Waals surface area (Å²) in [6.45, 7) is 7.10. The van der Waals surface area contributed by atoms with Crippen LogP contribution >= 0.6 is 0 Å². The van der Waals surface area contributed by atoms with Gasteiger partial charge >= 0.3 is 0 Å². The highest BCUT2D eigenvalue weighted by Gasteiger charge is 2.41. The van der Waals surface area contributed by atoms with E-state index >= 15 is 0 Å². The normalized spacial score (nSPS) is 22.9. The lowest BCUT2D eigenvalue weighted by atomic mass is 9.79. The third-order valence-corrected chi connectivity index (χ3v) is 6.52. The highest BCUT2D eigenvalue weighted by molar-refractivity contribution is 7.88. The second-order valence-electron chi connectivity index (χ2n) is 7.76. The topological polar surface area (TPSA) is 93.5 Å². The van der Waals surface area contributed by atoms with Crippen molar-refractivity contribution in [3.8, 4) is 0 Å². The molecule has 2 fully saturated rings. The van der Waals surface area contributed by atoms with Crippen LogP contribution in [0.15, 0.2) is 6.20 Å². The summed E-state index contributed by atoms with van der Waals surface area (Å²) in [7, 11) is -3.17. The standard InChI is InChI=1S/C18H30N4O4S/c1-4-22-14(2)16(13-19-22)17(23)21-8-6-18(7-9-21)11-15(5-10-26-18)12-20-27(3,24)25/h13,15,20H,4-12H2,1-3H3. The first-order valence-electron chi connectivity index (χ1n) is 9.63. The molecule has 8 nitrogen and oxygen atoms in total. The number of likely N-dealkylation sites (tertiary alicyclic amines) is 1. The molecule has 1 N–H and O–H groups in total. The van der Waals surface area contributed by atoms with E-state index in [2.05, 4.69) is 9.82 Å². The molecular formula is C18H30N4O4S. The Balaban J connectivity index is 1.59. The van der Waals surface area contributed by atoms with Crippen LogP contribution in [0.4, 0.5) is 0 Å². The Morgan fingerprint density at radius 1 is 1.41 bits per heavy atom. The zero-order chi connectivity index (χ0) is 19.7. The number of nitrogens with one attached hydrogen (secondary N) is 1. The van der Waals surface area contributed by atoms with E-state index in [1.165, 1.54) is 6.26 Å². The molecule has 1 unspecified atom stereocenters. The van der Waals surface area contributed by atoms with E-state index in [1.54, 1.807) is 6.20 Å². The van der Waals surface area contributed by atoms with E-state index in [1.807, 2.05) is 23.4 Å². The van der Waals surface area contributed by atoms with E-state index in [0.29, 0.717) is 31.8 Å². The average molecular weight is 399 g/mol. The Kier molecular flexibility index (Phi) is 5.93. The Labute approximate surface area is 161 Å².